The first-order valence-electron chi connectivity index (χ1n) is 7.78. The number of rotatable bonds is 12. The van der Waals surface area contributed by atoms with Crippen molar-refractivity contribution < 1.29 is 13.9 Å². The minimum absolute atomic E-state index is 0.173. The van der Waals surface area contributed by atoms with Crippen LogP contribution in [0.4, 0.5) is 4.39 Å². The van der Waals surface area contributed by atoms with Gasteiger partial charge in [0, 0.05) is 13.7 Å². The molecule has 0 saturated carbocycles. The van der Waals surface area contributed by atoms with Crippen LogP contribution < -0.4 is 5.32 Å². The molecule has 4 heteroatoms. The van der Waals surface area contributed by atoms with Crippen LogP contribution in [0.3, 0.4) is 0 Å². The second-order valence-electron chi connectivity index (χ2n) is 5.25. The van der Waals surface area contributed by atoms with Gasteiger partial charge in [0.2, 0.25) is 0 Å². The molecule has 0 saturated heterocycles. The van der Waals surface area contributed by atoms with Gasteiger partial charge in [0.15, 0.2) is 0 Å². The van der Waals surface area contributed by atoms with E-state index in [1.807, 2.05) is 12.1 Å². The van der Waals surface area contributed by atoms with Gasteiger partial charge in [0.05, 0.1) is 13.2 Å². The number of nitrogens with one attached hydrogen (secondary N) is 1. The molecule has 1 rings (SSSR count). The zero-order valence-electron chi connectivity index (χ0n) is 13.2. The van der Waals surface area contributed by atoms with E-state index in [-0.39, 0.29) is 5.82 Å². The minimum Gasteiger partial charge on any atom is -0.382 e. The van der Waals surface area contributed by atoms with Crippen LogP contribution in [0.25, 0.3) is 0 Å². The van der Waals surface area contributed by atoms with Crippen LogP contribution in [0, 0.1) is 11.7 Å². The fourth-order valence-corrected chi connectivity index (χ4v) is 2.30. The van der Waals surface area contributed by atoms with E-state index >= 15 is 0 Å². The van der Waals surface area contributed by atoms with E-state index in [1.165, 1.54) is 17.7 Å². The zero-order valence-corrected chi connectivity index (χ0v) is 13.2. The van der Waals surface area contributed by atoms with Gasteiger partial charge >= 0.3 is 0 Å². The second kappa shape index (κ2) is 11.7. The van der Waals surface area contributed by atoms with Crippen molar-refractivity contribution in [3.8, 4) is 0 Å². The summed E-state index contributed by atoms with van der Waals surface area (Å²) in [4.78, 5) is 0. The molecule has 0 bridgehead atoms. The molecule has 0 aliphatic carbocycles. The Balaban J connectivity index is 2.31. The van der Waals surface area contributed by atoms with Gasteiger partial charge in [-0.15, -0.1) is 0 Å². The summed E-state index contributed by atoms with van der Waals surface area (Å²) in [5.41, 5.74) is 1.19. The predicted octanol–water partition coefficient (Wildman–Crippen LogP) is 3.04. The van der Waals surface area contributed by atoms with E-state index in [2.05, 4.69) is 12.2 Å². The maximum absolute atomic E-state index is 12.9. The number of methoxy groups -OCH3 is 1. The van der Waals surface area contributed by atoms with E-state index in [1.54, 1.807) is 7.11 Å². The molecule has 0 aromatic heterocycles. The largest absolute Gasteiger partial charge is 0.382 e. The highest BCUT2D eigenvalue weighted by Gasteiger charge is 2.09. The summed E-state index contributed by atoms with van der Waals surface area (Å²) < 4.78 is 23.4. The lowest BCUT2D eigenvalue weighted by Crippen LogP contribution is -2.24. The van der Waals surface area contributed by atoms with Crippen molar-refractivity contribution in [2.24, 2.45) is 5.92 Å². The first-order chi connectivity index (χ1) is 10.3. The zero-order chi connectivity index (χ0) is 15.3. The Hall–Kier alpha value is -0.970. The van der Waals surface area contributed by atoms with Crippen molar-refractivity contribution in [2.45, 2.75) is 26.2 Å². The Morgan fingerprint density at radius 2 is 1.90 bits per heavy atom. The van der Waals surface area contributed by atoms with E-state index < -0.39 is 0 Å². The molecule has 1 aromatic carbocycles. The normalized spacial score (nSPS) is 12.5. The third-order valence-electron chi connectivity index (χ3n) is 3.45. The highest BCUT2D eigenvalue weighted by molar-refractivity contribution is 5.16. The predicted molar refractivity (Wildman–Crippen MR) is 84.1 cm³/mol. The van der Waals surface area contributed by atoms with Gasteiger partial charge in [-0.1, -0.05) is 19.1 Å². The van der Waals surface area contributed by atoms with Crippen LogP contribution in [0.1, 0.15) is 25.3 Å². The number of hydrogen-bond donors (Lipinski definition) is 1. The molecular weight excluding hydrogens is 269 g/mol. The smallest absolute Gasteiger partial charge is 0.123 e. The molecule has 1 atom stereocenters. The summed E-state index contributed by atoms with van der Waals surface area (Å²) in [5, 5.41) is 3.41. The summed E-state index contributed by atoms with van der Waals surface area (Å²) in [6, 6.07) is 6.83. The van der Waals surface area contributed by atoms with Crippen molar-refractivity contribution in [2.75, 3.05) is 40.0 Å². The van der Waals surface area contributed by atoms with Gasteiger partial charge in [-0.3, -0.25) is 0 Å². The van der Waals surface area contributed by atoms with Gasteiger partial charge in [-0.2, -0.15) is 0 Å². The molecule has 3 nitrogen and oxygen atoms in total. The quantitative estimate of drug-likeness (QED) is 0.602. The minimum atomic E-state index is -0.173. The van der Waals surface area contributed by atoms with Gasteiger partial charge < -0.3 is 14.8 Å². The Morgan fingerprint density at radius 3 is 2.57 bits per heavy atom. The van der Waals surface area contributed by atoms with Gasteiger partial charge in [0.25, 0.3) is 0 Å². The molecule has 0 amide bonds. The molecule has 0 spiro atoms. The van der Waals surface area contributed by atoms with E-state index in [0.717, 1.165) is 39.0 Å². The van der Waals surface area contributed by atoms with Crippen molar-refractivity contribution in [3.63, 3.8) is 0 Å². The van der Waals surface area contributed by atoms with Gasteiger partial charge in [-0.05, 0) is 56.0 Å². The maximum atomic E-state index is 12.9. The first-order valence-corrected chi connectivity index (χ1v) is 7.78. The van der Waals surface area contributed by atoms with Crippen molar-refractivity contribution in [3.05, 3.63) is 35.6 Å². The average Bonchev–Trinajstić information content (AvgIpc) is 2.50. The molecule has 0 fully saturated rings. The number of halogens is 1. The topological polar surface area (TPSA) is 30.5 Å². The Morgan fingerprint density at radius 1 is 1.14 bits per heavy atom. The van der Waals surface area contributed by atoms with Gasteiger partial charge in [0.1, 0.15) is 5.82 Å². The second-order valence-corrected chi connectivity index (χ2v) is 5.25. The molecule has 0 aliphatic rings. The molecule has 0 radical (unpaired) electrons. The highest BCUT2D eigenvalue weighted by atomic mass is 19.1. The molecule has 1 aromatic rings. The van der Waals surface area contributed by atoms with E-state index in [4.69, 9.17) is 9.47 Å². The summed E-state index contributed by atoms with van der Waals surface area (Å²) in [6.07, 6.45) is 3.13. The first kappa shape index (κ1) is 18.1. The molecule has 0 aliphatic heterocycles. The maximum Gasteiger partial charge on any atom is 0.123 e. The summed E-state index contributed by atoms with van der Waals surface area (Å²) in [7, 11) is 1.68. The number of ether oxygens (including phenoxy) is 2. The molecule has 120 valence electrons. The number of hydrogen-bond acceptors (Lipinski definition) is 3. The summed E-state index contributed by atoms with van der Waals surface area (Å²) >= 11 is 0. The van der Waals surface area contributed by atoms with Crippen LogP contribution in [0.15, 0.2) is 24.3 Å². The van der Waals surface area contributed by atoms with Gasteiger partial charge in [-0.25, -0.2) is 4.39 Å². The van der Waals surface area contributed by atoms with E-state index in [9.17, 15) is 4.39 Å². The molecular formula is C17H28FNO2. The summed E-state index contributed by atoms with van der Waals surface area (Å²) in [6.45, 7) is 6.16. The van der Waals surface area contributed by atoms with E-state index in [0.29, 0.717) is 19.1 Å². The SMILES string of the molecule is CCNCC(CCCOCCOC)Cc1ccc(F)cc1. The lowest BCUT2D eigenvalue weighted by Gasteiger charge is -2.17. The molecule has 21 heavy (non-hydrogen) atoms. The molecule has 0 heterocycles. The van der Waals surface area contributed by atoms with Crippen molar-refractivity contribution >= 4 is 0 Å². The number of benzene rings is 1. The van der Waals surface area contributed by atoms with Crippen LogP contribution in [0.2, 0.25) is 0 Å². The highest BCUT2D eigenvalue weighted by Crippen LogP contribution is 2.14. The van der Waals surface area contributed by atoms with Crippen LogP contribution in [0.5, 0.6) is 0 Å². The fraction of sp³-hybridized carbons (Fsp3) is 0.647. The van der Waals surface area contributed by atoms with Crippen LogP contribution >= 0.6 is 0 Å². The van der Waals surface area contributed by atoms with Crippen LogP contribution in [-0.4, -0.2) is 40.0 Å². The Kier molecular flexibility index (Phi) is 10.0. The third kappa shape index (κ3) is 8.81. The Bertz CT molecular complexity index is 356. The summed E-state index contributed by atoms with van der Waals surface area (Å²) in [5.74, 6) is 0.384. The lowest BCUT2D eigenvalue weighted by molar-refractivity contribution is 0.0672. The molecule has 1 unspecified atom stereocenters. The fourth-order valence-electron chi connectivity index (χ4n) is 2.30. The molecule has 1 N–H and O–H groups in total. The monoisotopic (exact) mass is 297 g/mol. The third-order valence-corrected chi connectivity index (χ3v) is 3.45. The Labute approximate surface area is 127 Å². The van der Waals surface area contributed by atoms with Crippen LogP contribution in [-0.2, 0) is 15.9 Å². The average molecular weight is 297 g/mol. The standard InChI is InChI=1S/C17H28FNO2/c1-3-19-14-16(5-4-10-21-12-11-20-2)13-15-6-8-17(18)9-7-15/h6-9,16,19H,3-5,10-14H2,1-2H3. The van der Waals surface area contributed by atoms with Crippen molar-refractivity contribution in [1.29, 1.82) is 0 Å². The van der Waals surface area contributed by atoms with Crippen molar-refractivity contribution in [1.82, 2.24) is 5.32 Å². The lowest BCUT2D eigenvalue weighted by atomic mass is 9.94.